The smallest absolute Gasteiger partial charge is 0.370 e. The van der Waals surface area contributed by atoms with Crippen LogP contribution in [0.2, 0.25) is 0 Å². The van der Waals surface area contributed by atoms with E-state index in [9.17, 15) is 17.6 Å². The zero-order chi connectivity index (χ0) is 16.2. The van der Waals surface area contributed by atoms with E-state index in [1.54, 1.807) is 20.8 Å². The maximum Gasteiger partial charge on any atom is 0.543 e. The molecule has 0 aliphatic rings. The van der Waals surface area contributed by atoms with E-state index < -0.39 is 42.8 Å². The summed E-state index contributed by atoms with van der Waals surface area (Å²) in [6.45, 7) is 5.70. The molecule has 0 heterocycles. The highest BCUT2D eigenvalue weighted by Gasteiger charge is 2.50. The molecule has 0 aliphatic heterocycles. The summed E-state index contributed by atoms with van der Waals surface area (Å²) in [5.74, 6) is -6.01. The standard InChI is InChI=1S/C13H18F4O3Si/c1-5-18-21(19-6-2,20-7-3)13-11(16)9(14)8(4)10(15)12(13)17/h5-7H2,1-4H3. The van der Waals surface area contributed by atoms with Gasteiger partial charge in [-0.25, -0.2) is 17.6 Å². The lowest BCUT2D eigenvalue weighted by Crippen LogP contribution is -2.60. The molecule has 0 spiro atoms. The maximum absolute atomic E-state index is 14.2. The second-order valence-electron chi connectivity index (χ2n) is 4.11. The Balaban J connectivity index is 3.64. The van der Waals surface area contributed by atoms with Crippen LogP contribution in [0.4, 0.5) is 17.6 Å². The first-order chi connectivity index (χ1) is 9.86. The third-order valence-electron chi connectivity index (χ3n) is 2.79. The van der Waals surface area contributed by atoms with Gasteiger partial charge in [0.05, 0.1) is 5.19 Å². The van der Waals surface area contributed by atoms with Gasteiger partial charge in [-0.3, -0.25) is 0 Å². The van der Waals surface area contributed by atoms with Crippen molar-refractivity contribution in [2.45, 2.75) is 27.7 Å². The van der Waals surface area contributed by atoms with E-state index >= 15 is 0 Å². The van der Waals surface area contributed by atoms with Gasteiger partial charge >= 0.3 is 8.80 Å². The van der Waals surface area contributed by atoms with Gasteiger partial charge in [-0.05, 0) is 27.7 Å². The molecule has 0 bridgehead atoms. The molecule has 0 saturated heterocycles. The summed E-state index contributed by atoms with van der Waals surface area (Å²) >= 11 is 0. The number of benzene rings is 1. The molecular weight excluding hydrogens is 308 g/mol. The molecule has 1 rings (SSSR count). The Bertz CT molecular complexity index is 465. The van der Waals surface area contributed by atoms with Crippen LogP contribution in [0.15, 0.2) is 0 Å². The Labute approximate surface area is 122 Å². The molecule has 21 heavy (non-hydrogen) atoms. The van der Waals surface area contributed by atoms with Crippen LogP contribution in [0.5, 0.6) is 0 Å². The number of rotatable bonds is 7. The first-order valence-electron chi connectivity index (χ1n) is 6.61. The quantitative estimate of drug-likeness (QED) is 0.438. The van der Waals surface area contributed by atoms with Crippen molar-refractivity contribution in [1.82, 2.24) is 0 Å². The van der Waals surface area contributed by atoms with Gasteiger partial charge < -0.3 is 13.3 Å². The summed E-state index contributed by atoms with van der Waals surface area (Å²) in [6, 6.07) is 0. The molecule has 0 atom stereocenters. The van der Waals surface area contributed by atoms with Crippen molar-refractivity contribution in [2.75, 3.05) is 19.8 Å². The number of halogens is 4. The Morgan fingerprint density at radius 3 is 1.33 bits per heavy atom. The SMILES string of the molecule is CCO[Si](OCC)(OCC)c1c(F)c(F)c(C)c(F)c1F. The highest BCUT2D eigenvalue weighted by molar-refractivity contribution is 6.75. The van der Waals surface area contributed by atoms with Crippen LogP contribution in [0, 0.1) is 30.2 Å². The van der Waals surface area contributed by atoms with Crippen molar-refractivity contribution in [3.63, 3.8) is 0 Å². The average molecular weight is 326 g/mol. The zero-order valence-corrected chi connectivity index (χ0v) is 13.4. The van der Waals surface area contributed by atoms with Crippen molar-refractivity contribution in [1.29, 1.82) is 0 Å². The van der Waals surface area contributed by atoms with Crippen molar-refractivity contribution in [3.05, 3.63) is 28.8 Å². The van der Waals surface area contributed by atoms with Crippen molar-refractivity contribution >= 4 is 14.0 Å². The van der Waals surface area contributed by atoms with E-state index in [1.165, 1.54) is 0 Å². The lowest BCUT2D eigenvalue weighted by molar-refractivity contribution is 0.0840. The van der Waals surface area contributed by atoms with Crippen LogP contribution < -0.4 is 5.19 Å². The van der Waals surface area contributed by atoms with Crippen LogP contribution in [-0.4, -0.2) is 28.6 Å². The van der Waals surface area contributed by atoms with Gasteiger partial charge in [0, 0.05) is 25.4 Å². The van der Waals surface area contributed by atoms with E-state index in [0.29, 0.717) is 0 Å². The van der Waals surface area contributed by atoms with E-state index in [1.807, 2.05) is 0 Å². The number of hydrogen-bond donors (Lipinski definition) is 0. The molecule has 8 heteroatoms. The second kappa shape index (κ2) is 7.35. The van der Waals surface area contributed by atoms with Gasteiger partial charge in [0.25, 0.3) is 0 Å². The molecule has 0 unspecified atom stereocenters. The summed E-state index contributed by atoms with van der Waals surface area (Å²) in [7, 11) is -4.08. The lowest BCUT2D eigenvalue weighted by Gasteiger charge is -2.29. The summed E-state index contributed by atoms with van der Waals surface area (Å²) < 4.78 is 71.7. The highest BCUT2D eigenvalue weighted by atomic mass is 28.4. The van der Waals surface area contributed by atoms with Crippen molar-refractivity contribution < 1.29 is 30.8 Å². The third-order valence-corrected chi connectivity index (χ3v) is 5.85. The van der Waals surface area contributed by atoms with E-state index in [4.69, 9.17) is 13.3 Å². The minimum atomic E-state index is -4.08. The summed E-state index contributed by atoms with van der Waals surface area (Å²) in [4.78, 5) is 0. The third kappa shape index (κ3) is 3.28. The highest BCUT2D eigenvalue weighted by Crippen LogP contribution is 2.22. The molecule has 120 valence electrons. The van der Waals surface area contributed by atoms with Gasteiger partial charge in [-0.2, -0.15) is 0 Å². The van der Waals surface area contributed by atoms with E-state index in [0.717, 1.165) is 6.92 Å². The minimum Gasteiger partial charge on any atom is -0.370 e. The van der Waals surface area contributed by atoms with Crippen LogP contribution >= 0.6 is 0 Å². The Morgan fingerprint density at radius 1 is 0.714 bits per heavy atom. The van der Waals surface area contributed by atoms with Crippen molar-refractivity contribution in [2.24, 2.45) is 0 Å². The molecule has 0 aromatic heterocycles. The zero-order valence-electron chi connectivity index (χ0n) is 12.4. The fourth-order valence-corrected chi connectivity index (χ4v) is 4.50. The molecular formula is C13H18F4O3Si. The molecule has 0 saturated carbocycles. The lowest BCUT2D eigenvalue weighted by atomic mass is 10.2. The average Bonchev–Trinajstić information content (AvgIpc) is 2.44. The second-order valence-corrected chi connectivity index (χ2v) is 6.59. The first-order valence-corrected chi connectivity index (χ1v) is 8.33. The predicted octanol–water partition coefficient (Wildman–Crippen LogP) is 2.81. The van der Waals surface area contributed by atoms with Gasteiger partial charge in [0.15, 0.2) is 23.3 Å². The van der Waals surface area contributed by atoms with Crippen molar-refractivity contribution in [3.8, 4) is 0 Å². The Morgan fingerprint density at radius 2 is 1.05 bits per heavy atom. The topological polar surface area (TPSA) is 27.7 Å². The van der Waals surface area contributed by atoms with Crippen LogP contribution in [0.25, 0.3) is 0 Å². The van der Waals surface area contributed by atoms with Gasteiger partial charge in [0.1, 0.15) is 0 Å². The largest absolute Gasteiger partial charge is 0.543 e. The molecule has 1 aromatic carbocycles. The fraction of sp³-hybridized carbons (Fsp3) is 0.538. The first kappa shape index (κ1) is 18.1. The van der Waals surface area contributed by atoms with Gasteiger partial charge in [-0.1, -0.05) is 0 Å². The van der Waals surface area contributed by atoms with E-state index in [2.05, 4.69) is 0 Å². The van der Waals surface area contributed by atoms with Gasteiger partial charge in [0.2, 0.25) is 0 Å². The minimum absolute atomic E-state index is 0.0161. The van der Waals surface area contributed by atoms with Crippen LogP contribution in [0.1, 0.15) is 26.3 Å². The maximum atomic E-state index is 14.2. The predicted molar refractivity (Wildman–Crippen MR) is 71.3 cm³/mol. The molecule has 0 N–H and O–H groups in total. The monoisotopic (exact) mass is 326 g/mol. The molecule has 0 radical (unpaired) electrons. The fourth-order valence-electron chi connectivity index (χ4n) is 1.92. The summed E-state index contributed by atoms with van der Waals surface area (Å²) in [6.07, 6.45) is 0. The van der Waals surface area contributed by atoms with Crippen LogP contribution in [0.3, 0.4) is 0 Å². The molecule has 0 fully saturated rings. The molecule has 1 aromatic rings. The Kier molecular flexibility index (Phi) is 6.33. The van der Waals surface area contributed by atoms with E-state index in [-0.39, 0.29) is 19.8 Å². The molecule has 3 nitrogen and oxygen atoms in total. The summed E-state index contributed by atoms with van der Waals surface area (Å²) in [5, 5.41) is -0.923. The normalized spacial score (nSPS) is 12.0. The number of hydrogen-bond acceptors (Lipinski definition) is 3. The van der Waals surface area contributed by atoms with Crippen LogP contribution in [-0.2, 0) is 13.3 Å². The summed E-state index contributed by atoms with van der Waals surface area (Å²) in [5.41, 5.74) is -0.735. The van der Waals surface area contributed by atoms with Gasteiger partial charge in [-0.15, -0.1) is 0 Å². The molecule has 0 amide bonds. The Hall–Kier alpha value is -0.963. The molecule has 0 aliphatic carbocycles.